The van der Waals surface area contributed by atoms with Gasteiger partial charge >= 0.3 is 0 Å². The van der Waals surface area contributed by atoms with Crippen molar-refractivity contribution in [3.8, 4) is 0 Å². The molecule has 0 bridgehead atoms. The van der Waals surface area contributed by atoms with Crippen LogP contribution in [0.2, 0.25) is 0 Å². The number of hydrogen-bond acceptors (Lipinski definition) is 6. The summed E-state index contributed by atoms with van der Waals surface area (Å²) in [4.78, 5) is 13.5. The molecule has 6 nitrogen and oxygen atoms in total. The lowest BCUT2D eigenvalue weighted by molar-refractivity contribution is 0.115. The van der Waals surface area contributed by atoms with Crippen molar-refractivity contribution in [2.45, 2.75) is 51.7 Å². The van der Waals surface area contributed by atoms with E-state index in [9.17, 15) is 10.2 Å². The lowest BCUT2D eigenvalue weighted by atomic mass is 9.93. The number of anilines is 2. The summed E-state index contributed by atoms with van der Waals surface area (Å²) in [5, 5.41) is 19.8. The van der Waals surface area contributed by atoms with Crippen LogP contribution in [0, 0.1) is 11.8 Å². The molecule has 1 aromatic heterocycles. The summed E-state index contributed by atoms with van der Waals surface area (Å²) in [6.07, 6.45) is 5.42. The van der Waals surface area contributed by atoms with Crippen LogP contribution in [0.3, 0.4) is 0 Å². The van der Waals surface area contributed by atoms with E-state index in [2.05, 4.69) is 25.8 Å². The fourth-order valence-corrected chi connectivity index (χ4v) is 3.91. The van der Waals surface area contributed by atoms with Crippen LogP contribution in [0.15, 0.2) is 12.4 Å². The van der Waals surface area contributed by atoms with Gasteiger partial charge in [0.05, 0.1) is 12.2 Å². The first-order valence-corrected chi connectivity index (χ1v) is 9.22. The summed E-state index contributed by atoms with van der Waals surface area (Å²) < 4.78 is 0. The zero-order chi connectivity index (χ0) is 17.1. The maximum atomic E-state index is 9.89. The smallest absolute Gasteiger partial charge is 0.134 e. The quantitative estimate of drug-likeness (QED) is 0.873. The standard InChI is InChI=1S/C18H30N4O2/c1-13(23)15-5-3-7-21(10-15)17-9-18(20-12-19-17)22-8-4-6-16(11-22)14(2)24/h9,12-16,23-24H,3-8,10-11H2,1-2H3/t13-,14-,15-,16-/m1/s1. The van der Waals surface area contributed by atoms with Crippen LogP contribution >= 0.6 is 0 Å². The predicted octanol–water partition coefficient (Wildman–Crippen LogP) is 1.67. The largest absolute Gasteiger partial charge is 0.393 e. The lowest BCUT2D eigenvalue weighted by Gasteiger charge is -2.37. The maximum Gasteiger partial charge on any atom is 0.134 e. The molecule has 0 saturated carbocycles. The third kappa shape index (κ3) is 3.98. The minimum atomic E-state index is -0.275. The van der Waals surface area contributed by atoms with Gasteiger partial charge in [0, 0.05) is 44.1 Å². The summed E-state index contributed by atoms with van der Waals surface area (Å²) >= 11 is 0. The van der Waals surface area contributed by atoms with Crippen molar-refractivity contribution in [1.29, 1.82) is 0 Å². The molecule has 2 aliphatic rings. The number of aliphatic hydroxyl groups is 2. The summed E-state index contributed by atoms with van der Waals surface area (Å²) in [6.45, 7) is 7.42. The predicted molar refractivity (Wildman–Crippen MR) is 95.3 cm³/mol. The Morgan fingerprint density at radius 3 is 1.79 bits per heavy atom. The van der Waals surface area contributed by atoms with Gasteiger partial charge in [0.25, 0.3) is 0 Å². The van der Waals surface area contributed by atoms with Gasteiger partial charge in [-0.05, 0) is 39.5 Å². The van der Waals surface area contributed by atoms with Crippen molar-refractivity contribution < 1.29 is 10.2 Å². The Hall–Kier alpha value is -1.40. The highest BCUT2D eigenvalue weighted by Gasteiger charge is 2.27. The Morgan fingerprint density at radius 2 is 1.38 bits per heavy atom. The third-order valence-electron chi connectivity index (χ3n) is 5.57. The monoisotopic (exact) mass is 334 g/mol. The van der Waals surface area contributed by atoms with Crippen LogP contribution in [0.1, 0.15) is 39.5 Å². The summed E-state index contributed by atoms with van der Waals surface area (Å²) in [5.41, 5.74) is 0. The van der Waals surface area contributed by atoms with E-state index in [-0.39, 0.29) is 12.2 Å². The van der Waals surface area contributed by atoms with Gasteiger partial charge in [-0.3, -0.25) is 0 Å². The third-order valence-corrected chi connectivity index (χ3v) is 5.57. The maximum absolute atomic E-state index is 9.89. The Morgan fingerprint density at radius 1 is 0.917 bits per heavy atom. The number of aliphatic hydroxyl groups excluding tert-OH is 2. The molecule has 2 aliphatic heterocycles. The van der Waals surface area contributed by atoms with Crippen LogP contribution in [0.4, 0.5) is 11.6 Å². The van der Waals surface area contributed by atoms with Gasteiger partial charge in [0.1, 0.15) is 18.0 Å². The van der Waals surface area contributed by atoms with Crippen molar-refractivity contribution in [2.24, 2.45) is 11.8 Å². The van der Waals surface area contributed by atoms with E-state index in [1.54, 1.807) is 6.33 Å². The average Bonchev–Trinajstić information content (AvgIpc) is 2.62. The fourth-order valence-electron chi connectivity index (χ4n) is 3.91. The molecule has 0 aromatic carbocycles. The van der Waals surface area contributed by atoms with Crippen molar-refractivity contribution >= 4 is 11.6 Å². The van der Waals surface area contributed by atoms with Crippen LogP contribution in [-0.2, 0) is 0 Å². The average molecular weight is 334 g/mol. The molecule has 3 rings (SSSR count). The molecular formula is C18H30N4O2. The fraction of sp³-hybridized carbons (Fsp3) is 0.778. The van der Waals surface area contributed by atoms with Crippen LogP contribution in [-0.4, -0.2) is 58.6 Å². The molecule has 2 N–H and O–H groups in total. The molecule has 0 spiro atoms. The lowest BCUT2D eigenvalue weighted by Crippen LogP contribution is -2.41. The number of piperidine rings is 2. The van der Waals surface area contributed by atoms with Crippen molar-refractivity contribution in [2.75, 3.05) is 36.0 Å². The SMILES string of the molecule is C[C@@H](O)[C@@H]1CCCN(c2cc(N3CCC[C@@H]([C@@H](C)O)C3)ncn2)C1. The van der Waals surface area contributed by atoms with Crippen molar-refractivity contribution in [3.63, 3.8) is 0 Å². The number of nitrogens with zero attached hydrogens (tertiary/aromatic N) is 4. The first-order chi connectivity index (χ1) is 11.5. The van der Waals surface area contributed by atoms with Crippen LogP contribution < -0.4 is 9.80 Å². The Labute approximate surface area is 144 Å². The molecule has 1 aromatic rings. The minimum Gasteiger partial charge on any atom is -0.393 e. The van der Waals surface area contributed by atoms with Gasteiger partial charge in [-0.15, -0.1) is 0 Å². The second kappa shape index (κ2) is 7.66. The Balaban J connectivity index is 1.72. The van der Waals surface area contributed by atoms with E-state index >= 15 is 0 Å². The topological polar surface area (TPSA) is 72.7 Å². The summed E-state index contributed by atoms with van der Waals surface area (Å²) in [7, 11) is 0. The first kappa shape index (κ1) is 17.4. The summed E-state index contributed by atoms with van der Waals surface area (Å²) in [5.74, 6) is 2.52. The second-order valence-electron chi connectivity index (χ2n) is 7.41. The Bertz CT molecular complexity index is 494. The number of aromatic nitrogens is 2. The zero-order valence-electron chi connectivity index (χ0n) is 14.8. The van der Waals surface area contributed by atoms with Crippen LogP contribution in [0.5, 0.6) is 0 Å². The van der Waals surface area contributed by atoms with E-state index in [0.29, 0.717) is 11.8 Å². The van der Waals surface area contributed by atoms with E-state index in [1.807, 2.05) is 13.8 Å². The molecule has 134 valence electrons. The highest BCUT2D eigenvalue weighted by molar-refractivity contribution is 5.50. The molecule has 3 heterocycles. The molecule has 4 atom stereocenters. The van der Waals surface area contributed by atoms with Gasteiger partial charge in [-0.1, -0.05) is 0 Å². The molecule has 2 saturated heterocycles. The number of rotatable bonds is 4. The zero-order valence-corrected chi connectivity index (χ0v) is 14.8. The highest BCUT2D eigenvalue weighted by Crippen LogP contribution is 2.28. The highest BCUT2D eigenvalue weighted by atomic mass is 16.3. The van der Waals surface area contributed by atoms with Crippen molar-refractivity contribution in [3.05, 3.63) is 12.4 Å². The van der Waals surface area contributed by atoms with E-state index in [1.165, 1.54) is 0 Å². The van der Waals surface area contributed by atoms with Crippen LogP contribution in [0.25, 0.3) is 0 Å². The molecule has 24 heavy (non-hydrogen) atoms. The number of hydrogen-bond donors (Lipinski definition) is 2. The molecule has 0 amide bonds. The molecule has 0 radical (unpaired) electrons. The van der Waals surface area contributed by atoms with Gasteiger partial charge in [-0.25, -0.2) is 9.97 Å². The van der Waals surface area contributed by atoms with E-state index in [4.69, 9.17) is 0 Å². The van der Waals surface area contributed by atoms with Gasteiger partial charge in [0.2, 0.25) is 0 Å². The minimum absolute atomic E-state index is 0.275. The molecule has 0 aliphatic carbocycles. The second-order valence-corrected chi connectivity index (χ2v) is 7.41. The van der Waals surface area contributed by atoms with Gasteiger partial charge in [0.15, 0.2) is 0 Å². The van der Waals surface area contributed by atoms with Gasteiger partial charge < -0.3 is 20.0 Å². The Kier molecular flexibility index (Phi) is 5.56. The first-order valence-electron chi connectivity index (χ1n) is 9.22. The van der Waals surface area contributed by atoms with E-state index < -0.39 is 0 Å². The molecule has 6 heteroatoms. The summed E-state index contributed by atoms with van der Waals surface area (Å²) in [6, 6.07) is 2.06. The molecule has 0 unspecified atom stereocenters. The molecular weight excluding hydrogens is 304 g/mol. The normalized spacial score (nSPS) is 27.8. The molecule has 2 fully saturated rings. The van der Waals surface area contributed by atoms with E-state index in [0.717, 1.165) is 63.5 Å². The van der Waals surface area contributed by atoms with Gasteiger partial charge in [-0.2, -0.15) is 0 Å². The van der Waals surface area contributed by atoms with Crippen molar-refractivity contribution in [1.82, 2.24) is 9.97 Å².